The number of aryl methyl sites for hydroxylation is 1. The molecule has 0 radical (unpaired) electrons. The van der Waals surface area contributed by atoms with Gasteiger partial charge in [0.15, 0.2) is 0 Å². The number of phenolic OH excluding ortho intramolecular Hbond substituents is 1. The molecule has 0 spiro atoms. The lowest BCUT2D eigenvalue weighted by atomic mass is 9.80. The highest BCUT2D eigenvalue weighted by molar-refractivity contribution is 5.58. The zero-order valence-corrected chi connectivity index (χ0v) is 12.0. The molecule has 2 heterocycles. The fourth-order valence-corrected chi connectivity index (χ4v) is 3.64. The Bertz CT molecular complexity index is 683. The van der Waals surface area contributed by atoms with Gasteiger partial charge in [0, 0.05) is 23.8 Å². The molecule has 0 saturated carbocycles. The maximum atomic E-state index is 9.76. The molecule has 2 aromatic rings. The van der Waals surface area contributed by atoms with E-state index < -0.39 is 0 Å². The number of ether oxygens (including phenoxy) is 1. The van der Waals surface area contributed by atoms with Gasteiger partial charge in [0.25, 0.3) is 0 Å². The minimum absolute atomic E-state index is 0.161. The predicted octanol–water partition coefficient (Wildman–Crippen LogP) is 3.95. The van der Waals surface area contributed by atoms with Crippen LogP contribution >= 0.6 is 0 Å². The third kappa shape index (κ3) is 2.09. The molecule has 0 unspecified atom stereocenters. The van der Waals surface area contributed by atoms with Crippen LogP contribution in [0.3, 0.4) is 0 Å². The van der Waals surface area contributed by atoms with Crippen LogP contribution in [0, 0.1) is 12.8 Å². The normalized spacial score (nSPS) is 26.8. The summed E-state index contributed by atoms with van der Waals surface area (Å²) in [6, 6.07) is 14.2. The zero-order chi connectivity index (χ0) is 14.4. The highest BCUT2D eigenvalue weighted by atomic mass is 16.5. The fourth-order valence-electron chi connectivity index (χ4n) is 3.64. The minimum atomic E-state index is 0.161. The fraction of sp³-hybridized carbons (Fsp3) is 0.333. The van der Waals surface area contributed by atoms with Crippen LogP contribution in [0.1, 0.15) is 35.3 Å². The van der Waals surface area contributed by atoms with Crippen molar-refractivity contribution < 1.29 is 9.84 Å². The molecule has 0 bridgehead atoms. The number of hydrogen-bond acceptors (Lipinski definition) is 3. The third-order valence-corrected chi connectivity index (χ3v) is 4.62. The van der Waals surface area contributed by atoms with Crippen LogP contribution in [0.15, 0.2) is 42.5 Å². The lowest BCUT2D eigenvalue weighted by Gasteiger charge is -2.36. The number of rotatable bonds is 1. The maximum absolute atomic E-state index is 9.76. The van der Waals surface area contributed by atoms with Crippen molar-refractivity contribution in [1.29, 1.82) is 0 Å². The third-order valence-electron chi connectivity index (χ3n) is 4.62. The van der Waals surface area contributed by atoms with Gasteiger partial charge in [-0.25, -0.2) is 0 Å². The van der Waals surface area contributed by atoms with E-state index in [0.717, 1.165) is 24.3 Å². The number of nitrogens with one attached hydrogen (secondary N) is 1. The Morgan fingerprint density at radius 1 is 1.19 bits per heavy atom. The highest BCUT2D eigenvalue weighted by Crippen LogP contribution is 2.50. The predicted molar refractivity (Wildman–Crippen MR) is 82.4 cm³/mol. The molecule has 0 aromatic heterocycles. The van der Waals surface area contributed by atoms with Crippen molar-refractivity contribution in [2.45, 2.75) is 25.5 Å². The van der Waals surface area contributed by atoms with Crippen molar-refractivity contribution >= 4 is 5.69 Å². The summed E-state index contributed by atoms with van der Waals surface area (Å²) in [5, 5.41) is 13.4. The van der Waals surface area contributed by atoms with Gasteiger partial charge in [-0.1, -0.05) is 29.8 Å². The number of benzene rings is 2. The van der Waals surface area contributed by atoms with E-state index in [-0.39, 0.29) is 12.1 Å². The summed E-state index contributed by atoms with van der Waals surface area (Å²) in [6.45, 7) is 2.92. The Balaban J connectivity index is 1.79. The second-order valence-electron chi connectivity index (χ2n) is 6.05. The van der Waals surface area contributed by atoms with Crippen LogP contribution in [0.5, 0.6) is 5.75 Å². The van der Waals surface area contributed by atoms with Crippen LogP contribution in [-0.4, -0.2) is 11.7 Å². The topological polar surface area (TPSA) is 41.5 Å². The summed E-state index contributed by atoms with van der Waals surface area (Å²) in [4.78, 5) is 0. The molecule has 2 aromatic carbocycles. The zero-order valence-electron chi connectivity index (χ0n) is 12.0. The van der Waals surface area contributed by atoms with Crippen molar-refractivity contribution in [2.75, 3.05) is 11.9 Å². The molecule has 3 heteroatoms. The summed E-state index contributed by atoms with van der Waals surface area (Å²) in [5.41, 5.74) is 4.81. The summed E-state index contributed by atoms with van der Waals surface area (Å²) in [7, 11) is 0. The second kappa shape index (κ2) is 4.78. The average molecular weight is 281 g/mol. The van der Waals surface area contributed by atoms with Crippen LogP contribution in [0.2, 0.25) is 0 Å². The average Bonchev–Trinajstić information content (AvgIpc) is 2.96. The van der Waals surface area contributed by atoms with Crippen molar-refractivity contribution in [2.24, 2.45) is 5.92 Å². The number of anilines is 1. The summed E-state index contributed by atoms with van der Waals surface area (Å²) in [6.07, 6.45) is 1.21. The summed E-state index contributed by atoms with van der Waals surface area (Å²) < 4.78 is 6.02. The molecule has 21 heavy (non-hydrogen) atoms. The van der Waals surface area contributed by atoms with Crippen LogP contribution in [0.25, 0.3) is 0 Å². The lowest BCUT2D eigenvalue weighted by Crippen LogP contribution is -2.29. The van der Waals surface area contributed by atoms with E-state index in [4.69, 9.17) is 4.74 Å². The largest absolute Gasteiger partial charge is 0.508 e. The van der Waals surface area contributed by atoms with Crippen molar-refractivity contribution in [3.8, 4) is 5.75 Å². The molecule has 2 aliphatic heterocycles. The van der Waals surface area contributed by atoms with E-state index >= 15 is 0 Å². The van der Waals surface area contributed by atoms with E-state index in [9.17, 15) is 5.11 Å². The summed E-state index contributed by atoms with van der Waals surface area (Å²) in [5.74, 6) is 0.737. The van der Waals surface area contributed by atoms with Gasteiger partial charge in [0.05, 0.1) is 12.1 Å². The van der Waals surface area contributed by atoms with E-state index in [1.165, 1.54) is 11.1 Å². The monoisotopic (exact) mass is 281 g/mol. The molecule has 3 atom stereocenters. The minimum Gasteiger partial charge on any atom is -0.508 e. The van der Waals surface area contributed by atoms with Crippen molar-refractivity contribution in [3.05, 3.63) is 59.2 Å². The molecule has 2 N–H and O–H groups in total. The Morgan fingerprint density at radius 3 is 2.95 bits per heavy atom. The van der Waals surface area contributed by atoms with Gasteiger partial charge in [-0.05, 0) is 37.1 Å². The van der Waals surface area contributed by atoms with Crippen LogP contribution in [-0.2, 0) is 4.74 Å². The van der Waals surface area contributed by atoms with Gasteiger partial charge in [-0.2, -0.15) is 0 Å². The SMILES string of the molecule is Cc1ccc2c(c1)[C@H]1OCC[C@H]1[C@@H](c1cccc(O)c1)N2. The molecule has 0 amide bonds. The number of hydrogen-bond donors (Lipinski definition) is 2. The quantitative estimate of drug-likeness (QED) is 0.831. The van der Waals surface area contributed by atoms with E-state index in [0.29, 0.717) is 11.7 Å². The van der Waals surface area contributed by atoms with E-state index in [1.54, 1.807) is 6.07 Å². The maximum Gasteiger partial charge on any atom is 0.115 e. The first-order valence-corrected chi connectivity index (χ1v) is 7.50. The molecule has 1 fully saturated rings. The Labute approximate surface area is 124 Å². The van der Waals surface area contributed by atoms with Crippen molar-refractivity contribution in [1.82, 2.24) is 0 Å². The highest BCUT2D eigenvalue weighted by Gasteiger charge is 2.41. The second-order valence-corrected chi connectivity index (χ2v) is 6.05. The first kappa shape index (κ1) is 12.7. The number of aromatic hydroxyl groups is 1. The molecule has 4 rings (SSSR count). The molecule has 2 aliphatic rings. The van der Waals surface area contributed by atoms with Crippen LogP contribution < -0.4 is 5.32 Å². The van der Waals surface area contributed by atoms with Crippen molar-refractivity contribution in [3.63, 3.8) is 0 Å². The molecular weight excluding hydrogens is 262 g/mol. The van der Waals surface area contributed by atoms with Gasteiger partial charge < -0.3 is 15.2 Å². The Kier molecular flexibility index (Phi) is 2.89. The first-order chi connectivity index (χ1) is 10.2. The molecule has 108 valence electrons. The van der Waals surface area contributed by atoms with Gasteiger partial charge in [-0.3, -0.25) is 0 Å². The number of fused-ring (bicyclic) bond motifs is 3. The lowest BCUT2D eigenvalue weighted by molar-refractivity contribution is 0.0828. The smallest absolute Gasteiger partial charge is 0.115 e. The standard InChI is InChI=1S/C18H19NO2/c1-11-5-6-16-15(9-11)18-14(7-8-21-18)17(19-16)12-3-2-4-13(20)10-12/h2-6,9-10,14,17-20H,7-8H2,1H3/t14-,17+,18-/m0/s1. The van der Waals surface area contributed by atoms with Gasteiger partial charge in [-0.15, -0.1) is 0 Å². The van der Waals surface area contributed by atoms with Crippen LogP contribution in [0.4, 0.5) is 5.69 Å². The molecule has 1 saturated heterocycles. The Hall–Kier alpha value is -2.00. The Morgan fingerprint density at radius 2 is 2.10 bits per heavy atom. The van der Waals surface area contributed by atoms with E-state index in [2.05, 4.69) is 36.5 Å². The first-order valence-electron chi connectivity index (χ1n) is 7.50. The van der Waals surface area contributed by atoms with Gasteiger partial charge in [0.1, 0.15) is 5.75 Å². The van der Waals surface area contributed by atoms with E-state index in [1.807, 2.05) is 12.1 Å². The summed E-state index contributed by atoms with van der Waals surface area (Å²) >= 11 is 0. The van der Waals surface area contributed by atoms with Gasteiger partial charge >= 0.3 is 0 Å². The molecular formula is C18H19NO2. The number of phenols is 1. The van der Waals surface area contributed by atoms with Gasteiger partial charge in [0.2, 0.25) is 0 Å². The molecule has 3 nitrogen and oxygen atoms in total. The molecule has 0 aliphatic carbocycles.